The summed E-state index contributed by atoms with van der Waals surface area (Å²) < 4.78 is 7.47. The normalized spacial score (nSPS) is 10.9. The molecular formula is C18H19IN2O. The van der Waals surface area contributed by atoms with Gasteiger partial charge < -0.3 is 33.7 Å². The Morgan fingerprint density at radius 3 is 2.73 bits per heavy atom. The number of ether oxygens (including phenoxy) is 1. The Hall–Kier alpha value is -1.82. The van der Waals surface area contributed by atoms with Gasteiger partial charge in [0.1, 0.15) is 12.8 Å². The van der Waals surface area contributed by atoms with Gasteiger partial charge in [0, 0.05) is 47.8 Å². The maximum absolute atomic E-state index is 5.30. The summed E-state index contributed by atoms with van der Waals surface area (Å²) in [4.78, 5) is 3.29. The minimum absolute atomic E-state index is 0. The van der Waals surface area contributed by atoms with Crippen molar-refractivity contribution >= 4 is 23.1 Å². The maximum Gasteiger partial charge on any atom is 0.205 e. The van der Waals surface area contributed by atoms with Crippen LogP contribution in [0, 0.1) is 6.92 Å². The SMILES string of the molecule is COc1ccc2[nH]cc(/C=C/c3cccc(C)[n+]3C)c2c1.[I-]. The number of benzene rings is 1. The lowest BCUT2D eigenvalue weighted by atomic mass is 10.1. The first-order valence-corrected chi connectivity index (χ1v) is 6.98. The summed E-state index contributed by atoms with van der Waals surface area (Å²) in [6.07, 6.45) is 6.29. The smallest absolute Gasteiger partial charge is 0.205 e. The molecule has 3 aromatic rings. The summed E-state index contributed by atoms with van der Waals surface area (Å²) in [7, 11) is 3.77. The average molecular weight is 406 g/mol. The number of nitrogens with zero attached hydrogens (tertiary/aromatic N) is 1. The van der Waals surface area contributed by atoms with Crippen molar-refractivity contribution in [2.24, 2.45) is 7.05 Å². The molecule has 114 valence electrons. The molecule has 0 unspecified atom stereocenters. The molecule has 0 fully saturated rings. The average Bonchev–Trinajstić information content (AvgIpc) is 2.91. The van der Waals surface area contributed by atoms with Crippen LogP contribution in [0.15, 0.2) is 42.6 Å². The number of hydrogen-bond donors (Lipinski definition) is 1. The van der Waals surface area contributed by atoms with Crippen molar-refractivity contribution in [2.75, 3.05) is 7.11 Å². The van der Waals surface area contributed by atoms with Crippen LogP contribution in [0.1, 0.15) is 17.0 Å². The molecular weight excluding hydrogens is 387 g/mol. The van der Waals surface area contributed by atoms with E-state index in [0.717, 1.165) is 16.8 Å². The van der Waals surface area contributed by atoms with E-state index < -0.39 is 0 Å². The molecule has 0 spiro atoms. The van der Waals surface area contributed by atoms with E-state index in [2.05, 4.69) is 59.9 Å². The number of halogens is 1. The molecule has 2 heterocycles. The molecule has 2 aromatic heterocycles. The minimum atomic E-state index is 0. The Morgan fingerprint density at radius 2 is 1.95 bits per heavy atom. The van der Waals surface area contributed by atoms with Crippen molar-refractivity contribution in [3.63, 3.8) is 0 Å². The Balaban J connectivity index is 0.00000176. The first kappa shape index (κ1) is 16.5. The van der Waals surface area contributed by atoms with Gasteiger partial charge in [-0.25, -0.2) is 0 Å². The predicted octanol–water partition coefficient (Wildman–Crippen LogP) is 0.484. The predicted molar refractivity (Wildman–Crippen MR) is 86.1 cm³/mol. The van der Waals surface area contributed by atoms with Gasteiger partial charge in [0.25, 0.3) is 0 Å². The van der Waals surface area contributed by atoms with Crippen LogP contribution in [-0.2, 0) is 7.05 Å². The number of pyridine rings is 1. The molecule has 0 saturated carbocycles. The fraction of sp³-hybridized carbons (Fsp3) is 0.167. The monoisotopic (exact) mass is 406 g/mol. The summed E-state index contributed by atoms with van der Waals surface area (Å²) in [6.45, 7) is 2.11. The molecule has 0 aliphatic heterocycles. The van der Waals surface area contributed by atoms with Crippen LogP contribution in [0.3, 0.4) is 0 Å². The van der Waals surface area contributed by atoms with Gasteiger partial charge in [0.15, 0.2) is 5.69 Å². The van der Waals surface area contributed by atoms with E-state index in [1.807, 2.05) is 18.3 Å². The number of methoxy groups -OCH3 is 1. The number of aromatic amines is 1. The highest BCUT2D eigenvalue weighted by molar-refractivity contribution is 5.92. The highest BCUT2D eigenvalue weighted by atomic mass is 127. The number of aryl methyl sites for hydroxylation is 1. The standard InChI is InChI=1S/C18H18N2O.HI/c1-13-5-4-6-15(20(13)2)8-7-14-12-19-18-10-9-16(21-3)11-17(14)18;/h4-12H,1-3H3;1H. The van der Waals surface area contributed by atoms with Gasteiger partial charge in [-0.15, -0.1) is 0 Å². The molecule has 0 aliphatic rings. The van der Waals surface area contributed by atoms with Gasteiger partial charge in [-0.3, -0.25) is 0 Å². The van der Waals surface area contributed by atoms with Crippen molar-refractivity contribution in [1.29, 1.82) is 0 Å². The second kappa shape index (κ2) is 6.96. The lowest BCUT2D eigenvalue weighted by molar-refractivity contribution is -0.679. The van der Waals surface area contributed by atoms with Gasteiger partial charge in [-0.1, -0.05) is 0 Å². The molecule has 1 aromatic carbocycles. The van der Waals surface area contributed by atoms with Crippen LogP contribution in [0.25, 0.3) is 23.1 Å². The molecule has 0 atom stereocenters. The highest BCUT2D eigenvalue weighted by Crippen LogP contribution is 2.24. The van der Waals surface area contributed by atoms with E-state index in [1.165, 1.54) is 16.8 Å². The Labute approximate surface area is 147 Å². The zero-order valence-electron chi connectivity index (χ0n) is 12.9. The fourth-order valence-electron chi connectivity index (χ4n) is 2.44. The van der Waals surface area contributed by atoms with Crippen LogP contribution in [0.4, 0.5) is 0 Å². The number of hydrogen-bond acceptors (Lipinski definition) is 1. The highest BCUT2D eigenvalue weighted by Gasteiger charge is 2.06. The number of rotatable bonds is 3. The Bertz CT molecular complexity index is 821. The van der Waals surface area contributed by atoms with E-state index in [9.17, 15) is 0 Å². The number of fused-ring (bicyclic) bond motifs is 1. The Kier molecular flexibility index (Phi) is 5.24. The third-order valence-electron chi connectivity index (χ3n) is 3.88. The first-order chi connectivity index (χ1) is 10.2. The van der Waals surface area contributed by atoms with E-state index in [0.29, 0.717) is 0 Å². The fourth-order valence-corrected chi connectivity index (χ4v) is 2.44. The Morgan fingerprint density at radius 1 is 1.14 bits per heavy atom. The maximum atomic E-state index is 5.30. The molecule has 0 saturated heterocycles. The summed E-state index contributed by atoms with van der Waals surface area (Å²) >= 11 is 0. The molecule has 3 rings (SSSR count). The van der Waals surface area contributed by atoms with Gasteiger partial charge in [-0.2, -0.15) is 4.57 Å². The summed E-state index contributed by atoms with van der Waals surface area (Å²) in [6, 6.07) is 12.4. The molecule has 0 amide bonds. The molecule has 3 nitrogen and oxygen atoms in total. The molecule has 4 heteroatoms. The van der Waals surface area contributed by atoms with Gasteiger partial charge >= 0.3 is 0 Å². The largest absolute Gasteiger partial charge is 1.00 e. The summed E-state index contributed by atoms with van der Waals surface area (Å²) in [5, 5.41) is 1.17. The van der Waals surface area contributed by atoms with Gasteiger partial charge in [0.2, 0.25) is 5.69 Å². The van der Waals surface area contributed by atoms with E-state index in [-0.39, 0.29) is 24.0 Å². The third-order valence-corrected chi connectivity index (χ3v) is 3.88. The zero-order valence-corrected chi connectivity index (χ0v) is 15.1. The quantitative estimate of drug-likeness (QED) is 0.498. The van der Waals surface area contributed by atoms with E-state index in [1.54, 1.807) is 7.11 Å². The van der Waals surface area contributed by atoms with Crippen molar-refractivity contribution in [2.45, 2.75) is 6.92 Å². The molecule has 0 radical (unpaired) electrons. The molecule has 1 N–H and O–H groups in total. The van der Waals surface area contributed by atoms with Crippen molar-refractivity contribution in [3.05, 3.63) is 59.5 Å². The second-order valence-corrected chi connectivity index (χ2v) is 5.14. The first-order valence-electron chi connectivity index (χ1n) is 6.98. The number of H-pyrrole nitrogens is 1. The number of aromatic nitrogens is 2. The summed E-state index contributed by atoms with van der Waals surface area (Å²) in [5.74, 6) is 0.873. The van der Waals surface area contributed by atoms with Crippen LogP contribution in [-0.4, -0.2) is 12.1 Å². The van der Waals surface area contributed by atoms with Crippen LogP contribution in [0.5, 0.6) is 5.75 Å². The topological polar surface area (TPSA) is 28.9 Å². The van der Waals surface area contributed by atoms with Crippen LogP contribution < -0.4 is 33.3 Å². The van der Waals surface area contributed by atoms with Crippen molar-refractivity contribution in [1.82, 2.24) is 4.98 Å². The van der Waals surface area contributed by atoms with Gasteiger partial charge in [-0.05, 0) is 30.3 Å². The van der Waals surface area contributed by atoms with Crippen molar-refractivity contribution < 1.29 is 33.3 Å². The third kappa shape index (κ3) is 3.16. The van der Waals surface area contributed by atoms with Crippen LogP contribution >= 0.6 is 0 Å². The van der Waals surface area contributed by atoms with Crippen LogP contribution in [0.2, 0.25) is 0 Å². The summed E-state index contributed by atoms with van der Waals surface area (Å²) in [5.41, 5.74) is 4.68. The lowest BCUT2D eigenvalue weighted by Crippen LogP contribution is -3.00. The molecule has 0 bridgehead atoms. The lowest BCUT2D eigenvalue weighted by Gasteiger charge is -2.00. The van der Waals surface area contributed by atoms with E-state index >= 15 is 0 Å². The van der Waals surface area contributed by atoms with E-state index in [4.69, 9.17) is 4.74 Å². The van der Waals surface area contributed by atoms with Gasteiger partial charge in [0.05, 0.1) is 7.11 Å². The van der Waals surface area contributed by atoms with Crippen molar-refractivity contribution in [3.8, 4) is 5.75 Å². The molecule has 22 heavy (non-hydrogen) atoms. The molecule has 0 aliphatic carbocycles. The minimum Gasteiger partial charge on any atom is -1.00 e. The number of nitrogens with one attached hydrogen (secondary N) is 1. The zero-order chi connectivity index (χ0) is 14.8. The second-order valence-electron chi connectivity index (χ2n) is 5.14.